The molecule has 0 bridgehead atoms. The van der Waals surface area contributed by atoms with Crippen molar-refractivity contribution in [2.45, 2.75) is 13.0 Å². The molecule has 0 aliphatic heterocycles. The first kappa shape index (κ1) is 17.0. The summed E-state index contributed by atoms with van der Waals surface area (Å²) in [5.41, 5.74) is 5.56. The van der Waals surface area contributed by atoms with Gasteiger partial charge in [-0.1, -0.05) is 36.4 Å². The van der Waals surface area contributed by atoms with Gasteiger partial charge in [0.25, 0.3) is 0 Å². The summed E-state index contributed by atoms with van der Waals surface area (Å²) in [5, 5.41) is 4.49. The van der Waals surface area contributed by atoms with Crippen molar-refractivity contribution >= 4 is 17.0 Å². The van der Waals surface area contributed by atoms with Gasteiger partial charge in [-0.05, 0) is 23.8 Å². The summed E-state index contributed by atoms with van der Waals surface area (Å²) >= 11 is 0. The van der Waals surface area contributed by atoms with Crippen molar-refractivity contribution in [2.24, 2.45) is 14.1 Å². The van der Waals surface area contributed by atoms with Crippen molar-refractivity contribution in [3.63, 3.8) is 0 Å². The standard InChI is InChI=1S/C21H20N4O2/c1-24-14-22-19-10-15(8-9-20(19)24)13-27-21(26)12-17-11-18(23-25(17)2)16-6-4-3-5-7-16/h3-11,14H,12-13H2,1-2H3. The smallest absolute Gasteiger partial charge is 0.312 e. The predicted molar refractivity (Wildman–Crippen MR) is 103 cm³/mol. The molecule has 6 heteroatoms. The van der Waals surface area contributed by atoms with Gasteiger partial charge in [-0.2, -0.15) is 5.10 Å². The first-order valence-corrected chi connectivity index (χ1v) is 8.74. The molecule has 2 aromatic heterocycles. The Balaban J connectivity index is 1.41. The Morgan fingerprint density at radius 3 is 2.70 bits per heavy atom. The molecule has 0 N–H and O–H groups in total. The second-order valence-electron chi connectivity index (χ2n) is 6.53. The highest BCUT2D eigenvalue weighted by atomic mass is 16.5. The van der Waals surface area contributed by atoms with Crippen molar-refractivity contribution in [1.29, 1.82) is 0 Å². The molecule has 0 spiro atoms. The van der Waals surface area contributed by atoms with Crippen molar-refractivity contribution in [1.82, 2.24) is 19.3 Å². The first-order valence-electron chi connectivity index (χ1n) is 8.74. The third kappa shape index (κ3) is 3.60. The fourth-order valence-electron chi connectivity index (χ4n) is 3.06. The Hall–Kier alpha value is -3.41. The number of ether oxygens (including phenoxy) is 1. The minimum atomic E-state index is -0.279. The lowest BCUT2D eigenvalue weighted by atomic mass is 10.1. The summed E-state index contributed by atoms with van der Waals surface area (Å²) in [4.78, 5) is 16.6. The number of imidazole rings is 1. The topological polar surface area (TPSA) is 61.9 Å². The van der Waals surface area contributed by atoms with Crippen LogP contribution in [0.1, 0.15) is 11.3 Å². The highest BCUT2D eigenvalue weighted by Gasteiger charge is 2.12. The molecule has 4 aromatic rings. The molecule has 6 nitrogen and oxygen atoms in total. The summed E-state index contributed by atoms with van der Waals surface area (Å²) < 4.78 is 9.13. The number of benzene rings is 2. The number of esters is 1. The van der Waals surface area contributed by atoms with E-state index in [0.29, 0.717) is 0 Å². The van der Waals surface area contributed by atoms with Crippen molar-refractivity contribution < 1.29 is 9.53 Å². The van der Waals surface area contributed by atoms with Crippen LogP contribution in [0.5, 0.6) is 0 Å². The SMILES string of the molecule is Cn1nc(-c2ccccc2)cc1CC(=O)OCc1ccc2c(c1)ncn2C. The molecule has 2 heterocycles. The van der Waals surface area contributed by atoms with E-state index >= 15 is 0 Å². The highest BCUT2D eigenvalue weighted by Crippen LogP contribution is 2.19. The molecule has 136 valence electrons. The van der Waals surface area contributed by atoms with E-state index in [4.69, 9.17) is 4.74 Å². The van der Waals surface area contributed by atoms with E-state index in [0.717, 1.165) is 33.5 Å². The number of carbonyl (C=O) groups excluding carboxylic acids is 1. The minimum Gasteiger partial charge on any atom is -0.461 e. The maximum Gasteiger partial charge on any atom is 0.312 e. The average molecular weight is 360 g/mol. The Morgan fingerprint density at radius 1 is 1.07 bits per heavy atom. The summed E-state index contributed by atoms with van der Waals surface area (Å²) in [5.74, 6) is -0.279. The molecular formula is C21H20N4O2. The van der Waals surface area contributed by atoms with Gasteiger partial charge in [0.05, 0.1) is 29.5 Å². The Bertz CT molecular complexity index is 1100. The van der Waals surface area contributed by atoms with Crippen LogP contribution >= 0.6 is 0 Å². The van der Waals surface area contributed by atoms with E-state index in [1.54, 1.807) is 11.0 Å². The van der Waals surface area contributed by atoms with Gasteiger partial charge >= 0.3 is 5.97 Å². The van der Waals surface area contributed by atoms with Gasteiger partial charge in [0.2, 0.25) is 0 Å². The zero-order chi connectivity index (χ0) is 18.8. The highest BCUT2D eigenvalue weighted by molar-refractivity contribution is 5.76. The van der Waals surface area contributed by atoms with Crippen molar-refractivity contribution in [3.8, 4) is 11.3 Å². The lowest BCUT2D eigenvalue weighted by molar-refractivity contribution is -0.144. The number of carbonyl (C=O) groups is 1. The number of aryl methyl sites for hydroxylation is 2. The van der Waals surface area contributed by atoms with Gasteiger partial charge in [-0.25, -0.2) is 4.98 Å². The molecule has 0 amide bonds. The maximum absolute atomic E-state index is 12.3. The second-order valence-corrected chi connectivity index (χ2v) is 6.53. The van der Waals surface area contributed by atoms with Gasteiger partial charge in [0, 0.05) is 25.4 Å². The summed E-state index contributed by atoms with van der Waals surface area (Å²) in [7, 11) is 3.79. The molecule has 0 radical (unpaired) electrons. The molecule has 0 saturated heterocycles. The summed E-state index contributed by atoms with van der Waals surface area (Å²) in [6, 6.07) is 17.7. The predicted octanol–water partition coefficient (Wildman–Crippen LogP) is 3.26. The fourth-order valence-corrected chi connectivity index (χ4v) is 3.06. The third-order valence-electron chi connectivity index (χ3n) is 4.56. The van der Waals surface area contributed by atoms with Crippen LogP contribution in [0.25, 0.3) is 22.3 Å². The summed E-state index contributed by atoms with van der Waals surface area (Å²) in [6.45, 7) is 0.231. The van der Waals surface area contributed by atoms with Gasteiger partial charge in [0.1, 0.15) is 6.61 Å². The molecule has 2 aromatic carbocycles. The van der Waals surface area contributed by atoms with E-state index < -0.39 is 0 Å². The Labute approximate surface area is 157 Å². The number of fused-ring (bicyclic) bond motifs is 1. The van der Waals surface area contributed by atoms with Crippen LogP contribution in [0.4, 0.5) is 0 Å². The molecule has 4 rings (SSSR count). The lowest BCUT2D eigenvalue weighted by Gasteiger charge is -2.05. The monoisotopic (exact) mass is 360 g/mol. The molecule has 0 fully saturated rings. The van der Waals surface area contributed by atoms with Crippen LogP contribution in [-0.4, -0.2) is 25.3 Å². The number of hydrogen-bond acceptors (Lipinski definition) is 4. The average Bonchev–Trinajstić information content (AvgIpc) is 3.24. The van der Waals surface area contributed by atoms with Gasteiger partial charge in [-0.3, -0.25) is 9.48 Å². The normalized spacial score (nSPS) is 11.0. The van der Waals surface area contributed by atoms with Gasteiger partial charge < -0.3 is 9.30 Å². The largest absolute Gasteiger partial charge is 0.461 e. The maximum atomic E-state index is 12.3. The van der Waals surface area contributed by atoms with E-state index in [-0.39, 0.29) is 19.0 Å². The molecule has 0 atom stereocenters. The third-order valence-corrected chi connectivity index (χ3v) is 4.56. The fraction of sp³-hybridized carbons (Fsp3) is 0.190. The second kappa shape index (κ2) is 7.07. The molecule has 0 unspecified atom stereocenters. The van der Waals surface area contributed by atoms with Crippen LogP contribution in [0.3, 0.4) is 0 Å². The Morgan fingerprint density at radius 2 is 1.89 bits per heavy atom. The number of aromatic nitrogens is 4. The Kier molecular flexibility index (Phi) is 4.46. The zero-order valence-electron chi connectivity index (χ0n) is 15.3. The number of hydrogen-bond donors (Lipinski definition) is 0. The first-order chi connectivity index (χ1) is 13.1. The molecule has 27 heavy (non-hydrogen) atoms. The number of rotatable bonds is 5. The van der Waals surface area contributed by atoms with E-state index in [1.807, 2.05) is 73.3 Å². The van der Waals surface area contributed by atoms with Crippen molar-refractivity contribution in [3.05, 3.63) is 72.2 Å². The molecular weight excluding hydrogens is 340 g/mol. The van der Waals surface area contributed by atoms with E-state index in [9.17, 15) is 4.79 Å². The van der Waals surface area contributed by atoms with Crippen LogP contribution in [0.15, 0.2) is 60.9 Å². The van der Waals surface area contributed by atoms with Gasteiger partial charge in [-0.15, -0.1) is 0 Å². The zero-order valence-corrected chi connectivity index (χ0v) is 15.3. The van der Waals surface area contributed by atoms with Crippen LogP contribution < -0.4 is 0 Å². The van der Waals surface area contributed by atoms with Crippen LogP contribution in [0, 0.1) is 0 Å². The van der Waals surface area contributed by atoms with Crippen LogP contribution in [-0.2, 0) is 36.7 Å². The minimum absolute atomic E-state index is 0.183. The molecule has 0 saturated carbocycles. The van der Waals surface area contributed by atoms with Crippen molar-refractivity contribution in [2.75, 3.05) is 0 Å². The molecule has 0 aliphatic rings. The van der Waals surface area contributed by atoms with E-state index in [1.165, 1.54) is 0 Å². The molecule has 0 aliphatic carbocycles. The van der Waals surface area contributed by atoms with Crippen LogP contribution in [0.2, 0.25) is 0 Å². The quantitative estimate of drug-likeness (QED) is 0.513. The lowest BCUT2D eigenvalue weighted by Crippen LogP contribution is -2.11. The number of nitrogens with zero attached hydrogens (tertiary/aromatic N) is 4. The summed E-state index contributed by atoms with van der Waals surface area (Å²) in [6.07, 6.45) is 1.95. The van der Waals surface area contributed by atoms with Gasteiger partial charge in [0.15, 0.2) is 0 Å². The van der Waals surface area contributed by atoms with E-state index in [2.05, 4.69) is 10.1 Å².